The number of amides is 1. The van der Waals surface area contributed by atoms with Crippen molar-refractivity contribution in [1.29, 1.82) is 0 Å². The molecule has 1 aliphatic heterocycles. The monoisotopic (exact) mass is 243 g/mol. The molecule has 0 saturated carbocycles. The lowest BCUT2D eigenvalue weighted by Crippen LogP contribution is -2.25. The fourth-order valence-electron chi connectivity index (χ4n) is 1.94. The Hall–Kier alpha value is -0.730. The fourth-order valence-corrected chi connectivity index (χ4v) is 2.58. The molecule has 1 heterocycles. The molecule has 1 aliphatic rings. The van der Waals surface area contributed by atoms with E-state index < -0.39 is 0 Å². The Morgan fingerprint density at radius 3 is 2.67 bits per heavy atom. The molecule has 4 heteroatoms. The van der Waals surface area contributed by atoms with Gasteiger partial charge in [0.15, 0.2) is 0 Å². The van der Waals surface area contributed by atoms with Crippen LogP contribution in [0.2, 0.25) is 10.0 Å². The number of carbonyl (C=O) groups excluding carboxylic acids is 1. The Balaban J connectivity index is 2.41. The summed E-state index contributed by atoms with van der Waals surface area (Å²) in [4.78, 5) is 11.2. The normalized spacial score (nSPS) is 25.4. The van der Waals surface area contributed by atoms with Gasteiger partial charge < -0.3 is 5.32 Å². The van der Waals surface area contributed by atoms with Gasteiger partial charge >= 0.3 is 0 Å². The number of hydrogen-bond donors (Lipinski definition) is 1. The minimum Gasteiger partial charge on any atom is -0.355 e. The zero-order chi connectivity index (χ0) is 11.1. The maximum atomic E-state index is 11.2. The first-order valence-corrected chi connectivity index (χ1v) is 5.49. The summed E-state index contributed by atoms with van der Waals surface area (Å²) in [6.45, 7) is 2.66. The number of nitrogens with one attached hydrogen (secondary N) is 1. The second-order valence-electron chi connectivity index (χ2n) is 4.14. The second kappa shape index (κ2) is 3.69. The van der Waals surface area contributed by atoms with Crippen LogP contribution < -0.4 is 5.32 Å². The summed E-state index contributed by atoms with van der Waals surface area (Å²) >= 11 is 12.0. The van der Waals surface area contributed by atoms with Crippen LogP contribution in [0.3, 0.4) is 0 Å². The van der Waals surface area contributed by atoms with E-state index in [2.05, 4.69) is 5.32 Å². The molecule has 1 fully saturated rings. The van der Waals surface area contributed by atoms with Crippen LogP contribution in [-0.4, -0.2) is 12.5 Å². The molecule has 0 bridgehead atoms. The van der Waals surface area contributed by atoms with Crippen molar-refractivity contribution in [2.75, 3.05) is 6.54 Å². The van der Waals surface area contributed by atoms with Gasteiger partial charge in [-0.2, -0.15) is 0 Å². The predicted octanol–water partition coefficient (Wildman–Crippen LogP) is 2.77. The molecule has 15 heavy (non-hydrogen) atoms. The Labute approximate surface area is 98.6 Å². The maximum absolute atomic E-state index is 11.2. The molecule has 0 radical (unpaired) electrons. The summed E-state index contributed by atoms with van der Waals surface area (Å²) in [6, 6.07) is 5.41. The predicted molar refractivity (Wildman–Crippen MR) is 61.4 cm³/mol. The molecular formula is C11H11Cl2NO. The van der Waals surface area contributed by atoms with Crippen LogP contribution in [0.1, 0.15) is 18.9 Å². The van der Waals surface area contributed by atoms with Gasteiger partial charge in [0.1, 0.15) is 0 Å². The molecule has 1 N–H and O–H groups in total. The van der Waals surface area contributed by atoms with Gasteiger partial charge in [0, 0.05) is 28.4 Å². The van der Waals surface area contributed by atoms with Crippen molar-refractivity contribution in [3.8, 4) is 0 Å². The fraction of sp³-hybridized carbons (Fsp3) is 0.364. The highest BCUT2D eigenvalue weighted by Crippen LogP contribution is 2.36. The minimum atomic E-state index is -0.210. The summed E-state index contributed by atoms with van der Waals surface area (Å²) in [6.07, 6.45) is 0.481. The Morgan fingerprint density at radius 2 is 2.13 bits per heavy atom. The van der Waals surface area contributed by atoms with E-state index >= 15 is 0 Å². The molecule has 1 unspecified atom stereocenters. The third-order valence-electron chi connectivity index (χ3n) is 2.81. The molecule has 80 valence electrons. The van der Waals surface area contributed by atoms with E-state index in [1.54, 1.807) is 12.1 Å². The standard InChI is InChI=1S/C11H11Cl2NO/c1-11(5-10(15)14-6-11)8-3-2-7(12)4-9(8)13/h2-4H,5-6H2,1H3,(H,14,15). The van der Waals surface area contributed by atoms with Crippen molar-refractivity contribution in [3.63, 3.8) is 0 Å². The van der Waals surface area contributed by atoms with E-state index in [1.807, 2.05) is 13.0 Å². The molecule has 1 aromatic carbocycles. The van der Waals surface area contributed by atoms with Crippen molar-refractivity contribution in [2.24, 2.45) is 0 Å². The average molecular weight is 244 g/mol. The van der Waals surface area contributed by atoms with E-state index in [0.29, 0.717) is 23.0 Å². The molecule has 2 nitrogen and oxygen atoms in total. The average Bonchev–Trinajstić information content (AvgIpc) is 2.46. The van der Waals surface area contributed by atoms with Gasteiger partial charge in [0.2, 0.25) is 5.91 Å². The highest BCUT2D eigenvalue weighted by Gasteiger charge is 2.36. The minimum absolute atomic E-state index is 0.0727. The van der Waals surface area contributed by atoms with E-state index in [4.69, 9.17) is 23.2 Å². The lowest BCUT2D eigenvalue weighted by molar-refractivity contribution is -0.119. The lowest BCUT2D eigenvalue weighted by atomic mass is 9.82. The van der Waals surface area contributed by atoms with E-state index in [1.165, 1.54) is 0 Å². The zero-order valence-electron chi connectivity index (χ0n) is 8.31. The third-order valence-corrected chi connectivity index (χ3v) is 3.36. The van der Waals surface area contributed by atoms with Crippen LogP contribution in [0.5, 0.6) is 0 Å². The number of rotatable bonds is 1. The van der Waals surface area contributed by atoms with Crippen molar-refractivity contribution in [3.05, 3.63) is 33.8 Å². The van der Waals surface area contributed by atoms with E-state index in [9.17, 15) is 4.79 Å². The van der Waals surface area contributed by atoms with Gasteiger partial charge in [-0.25, -0.2) is 0 Å². The highest BCUT2D eigenvalue weighted by molar-refractivity contribution is 6.35. The van der Waals surface area contributed by atoms with Crippen molar-refractivity contribution in [1.82, 2.24) is 5.32 Å². The largest absolute Gasteiger partial charge is 0.355 e. The highest BCUT2D eigenvalue weighted by atomic mass is 35.5. The zero-order valence-corrected chi connectivity index (χ0v) is 9.82. The van der Waals surface area contributed by atoms with Crippen molar-refractivity contribution in [2.45, 2.75) is 18.8 Å². The number of benzene rings is 1. The Bertz CT molecular complexity index is 419. The first-order valence-electron chi connectivity index (χ1n) is 4.73. The summed E-state index contributed by atoms with van der Waals surface area (Å²) in [5, 5.41) is 4.06. The van der Waals surface area contributed by atoms with Crippen molar-refractivity contribution < 1.29 is 4.79 Å². The number of carbonyl (C=O) groups is 1. The SMILES string of the molecule is CC1(c2ccc(Cl)cc2Cl)CNC(=O)C1. The molecule has 0 aliphatic carbocycles. The topological polar surface area (TPSA) is 29.1 Å². The maximum Gasteiger partial charge on any atom is 0.220 e. The van der Waals surface area contributed by atoms with Gasteiger partial charge in [-0.1, -0.05) is 36.2 Å². The molecular weight excluding hydrogens is 233 g/mol. The summed E-state index contributed by atoms with van der Waals surface area (Å²) in [5.41, 5.74) is 0.769. The Kier molecular flexibility index (Phi) is 2.65. The van der Waals surface area contributed by atoms with Crippen LogP contribution >= 0.6 is 23.2 Å². The van der Waals surface area contributed by atoms with Crippen LogP contribution in [0, 0.1) is 0 Å². The number of halogens is 2. The van der Waals surface area contributed by atoms with Crippen molar-refractivity contribution >= 4 is 29.1 Å². The lowest BCUT2D eigenvalue weighted by Gasteiger charge is -2.23. The summed E-state index contributed by atoms with van der Waals surface area (Å²) in [5.74, 6) is 0.0727. The third kappa shape index (κ3) is 1.97. The molecule has 1 aromatic rings. The van der Waals surface area contributed by atoms with E-state index in [0.717, 1.165) is 5.56 Å². The smallest absolute Gasteiger partial charge is 0.220 e. The van der Waals surface area contributed by atoms with Gasteiger partial charge in [-0.05, 0) is 17.7 Å². The Morgan fingerprint density at radius 1 is 1.40 bits per heavy atom. The van der Waals surface area contributed by atoms with Crippen LogP contribution in [0.15, 0.2) is 18.2 Å². The van der Waals surface area contributed by atoms with Crippen LogP contribution in [0.25, 0.3) is 0 Å². The molecule has 1 saturated heterocycles. The molecule has 2 rings (SSSR count). The van der Waals surface area contributed by atoms with Gasteiger partial charge in [0.05, 0.1) is 0 Å². The first kappa shape index (κ1) is 10.8. The molecule has 0 aromatic heterocycles. The first-order chi connectivity index (χ1) is 7.01. The van der Waals surface area contributed by atoms with Crippen LogP contribution in [0.4, 0.5) is 0 Å². The number of hydrogen-bond acceptors (Lipinski definition) is 1. The molecule has 1 atom stereocenters. The van der Waals surface area contributed by atoms with Gasteiger partial charge in [0.25, 0.3) is 0 Å². The van der Waals surface area contributed by atoms with E-state index in [-0.39, 0.29) is 11.3 Å². The van der Waals surface area contributed by atoms with Gasteiger partial charge in [-0.15, -0.1) is 0 Å². The van der Waals surface area contributed by atoms with Gasteiger partial charge in [-0.3, -0.25) is 4.79 Å². The second-order valence-corrected chi connectivity index (χ2v) is 4.98. The summed E-state index contributed by atoms with van der Waals surface area (Å²) < 4.78 is 0. The van der Waals surface area contributed by atoms with Crippen LogP contribution in [-0.2, 0) is 10.2 Å². The summed E-state index contributed by atoms with van der Waals surface area (Å²) in [7, 11) is 0. The quantitative estimate of drug-likeness (QED) is 0.808. The molecule has 0 spiro atoms. The molecule has 1 amide bonds.